The minimum atomic E-state index is -0.175. The Balaban J connectivity index is 1.49. The van der Waals surface area contributed by atoms with Crippen LogP contribution in [0.25, 0.3) is 0 Å². The third-order valence-electron chi connectivity index (χ3n) is 4.63. The van der Waals surface area contributed by atoms with Crippen molar-refractivity contribution in [2.75, 3.05) is 26.7 Å². The van der Waals surface area contributed by atoms with Gasteiger partial charge in [0.15, 0.2) is 0 Å². The summed E-state index contributed by atoms with van der Waals surface area (Å²) in [5.74, 6) is 0.779. The van der Waals surface area contributed by atoms with Crippen LogP contribution in [0, 0.1) is 12.8 Å². The molecule has 3 rings (SSSR count). The van der Waals surface area contributed by atoms with Gasteiger partial charge < -0.3 is 14.5 Å². The zero-order valence-corrected chi connectivity index (χ0v) is 13.7. The number of amides is 2. The first kappa shape index (κ1) is 15.8. The fraction of sp³-hybridized carbons (Fsp3) is 0.588. The first-order valence-corrected chi connectivity index (χ1v) is 8.15. The number of aryl methyl sites for hydroxylation is 1. The molecular formula is C17H23N3O3. The first-order chi connectivity index (χ1) is 11.0. The van der Waals surface area contributed by atoms with Crippen molar-refractivity contribution >= 4 is 11.8 Å². The summed E-state index contributed by atoms with van der Waals surface area (Å²) in [4.78, 5) is 31.8. The Morgan fingerprint density at radius 2 is 2.04 bits per heavy atom. The van der Waals surface area contributed by atoms with Crippen molar-refractivity contribution in [3.05, 3.63) is 24.0 Å². The molecule has 2 aliphatic rings. The van der Waals surface area contributed by atoms with Crippen LogP contribution in [0.5, 0.6) is 5.75 Å². The van der Waals surface area contributed by atoms with Gasteiger partial charge in [0.05, 0.1) is 12.1 Å². The molecule has 6 nitrogen and oxygen atoms in total. The van der Waals surface area contributed by atoms with E-state index >= 15 is 0 Å². The second-order valence-electron chi connectivity index (χ2n) is 6.45. The molecule has 6 heteroatoms. The molecule has 2 fully saturated rings. The van der Waals surface area contributed by atoms with Gasteiger partial charge in [-0.3, -0.25) is 14.6 Å². The summed E-state index contributed by atoms with van der Waals surface area (Å²) >= 11 is 0. The predicted octanol–water partition coefficient (Wildman–Crippen LogP) is 1.24. The number of pyridine rings is 1. The number of likely N-dealkylation sites (tertiary alicyclic amines) is 2. The summed E-state index contributed by atoms with van der Waals surface area (Å²) in [6, 6.07) is 3.86. The molecule has 124 valence electrons. The van der Waals surface area contributed by atoms with Gasteiger partial charge in [0, 0.05) is 51.6 Å². The summed E-state index contributed by atoms with van der Waals surface area (Å²) in [6.45, 7) is 3.87. The van der Waals surface area contributed by atoms with Gasteiger partial charge in [-0.2, -0.15) is 0 Å². The van der Waals surface area contributed by atoms with Gasteiger partial charge >= 0.3 is 0 Å². The molecule has 2 saturated heterocycles. The van der Waals surface area contributed by atoms with Crippen LogP contribution in [0.1, 0.15) is 25.0 Å². The Labute approximate surface area is 136 Å². The highest BCUT2D eigenvalue weighted by Gasteiger charge is 2.36. The largest absolute Gasteiger partial charge is 0.489 e. The lowest BCUT2D eigenvalue weighted by atomic mass is 10.0. The Bertz CT molecular complexity index is 579. The van der Waals surface area contributed by atoms with Gasteiger partial charge in [-0.25, -0.2) is 0 Å². The van der Waals surface area contributed by atoms with Crippen LogP contribution in [0.3, 0.4) is 0 Å². The molecular weight excluding hydrogens is 294 g/mol. The van der Waals surface area contributed by atoms with Gasteiger partial charge in [-0.15, -0.1) is 0 Å². The Morgan fingerprint density at radius 1 is 1.30 bits per heavy atom. The fourth-order valence-electron chi connectivity index (χ4n) is 3.20. The van der Waals surface area contributed by atoms with Crippen molar-refractivity contribution in [1.29, 1.82) is 0 Å². The zero-order chi connectivity index (χ0) is 16.4. The number of nitrogens with zero attached hydrogens (tertiary/aromatic N) is 3. The standard InChI is InChI=1S/C17H23N3O3/c1-12-3-4-15(10-18-12)23-14-5-7-20(8-6-14)17(22)13-9-16(21)19(2)11-13/h3-4,10,13-14H,5-9,11H2,1-2H3. The van der Waals surface area contributed by atoms with Crippen LogP contribution in [-0.2, 0) is 9.59 Å². The second kappa shape index (κ2) is 6.56. The van der Waals surface area contributed by atoms with Crippen LogP contribution < -0.4 is 4.74 Å². The highest BCUT2D eigenvalue weighted by Crippen LogP contribution is 2.23. The number of rotatable bonds is 3. The van der Waals surface area contributed by atoms with E-state index in [0.29, 0.717) is 26.1 Å². The number of piperidine rings is 1. The van der Waals surface area contributed by atoms with Crippen LogP contribution in [0.4, 0.5) is 0 Å². The molecule has 1 aromatic heterocycles. The molecule has 0 N–H and O–H groups in total. The SMILES string of the molecule is Cc1ccc(OC2CCN(C(=O)C3CC(=O)N(C)C3)CC2)cn1. The van der Waals surface area contributed by atoms with E-state index in [1.807, 2.05) is 24.0 Å². The van der Waals surface area contributed by atoms with Gasteiger partial charge in [-0.1, -0.05) is 0 Å². The maximum atomic E-state index is 12.5. The minimum Gasteiger partial charge on any atom is -0.489 e. The zero-order valence-electron chi connectivity index (χ0n) is 13.7. The van der Waals surface area contributed by atoms with E-state index in [1.54, 1.807) is 18.1 Å². The molecule has 0 saturated carbocycles. The third-order valence-corrected chi connectivity index (χ3v) is 4.63. The topological polar surface area (TPSA) is 62.7 Å². The highest BCUT2D eigenvalue weighted by atomic mass is 16.5. The molecule has 2 aliphatic heterocycles. The van der Waals surface area contributed by atoms with Crippen molar-refractivity contribution < 1.29 is 14.3 Å². The van der Waals surface area contributed by atoms with E-state index in [2.05, 4.69) is 4.98 Å². The van der Waals surface area contributed by atoms with Crippen molar-refractivity contribution in [2.24, 2.45) is 5.92 Å². The average Bonchev–Trinajstić information content (AvgIpc) is 2.89. The van der Waals surface area contributed by atoms with Crippen LogP contribution in [-0.4, -0.2) is 59.4 Å². The maximum absolute atomic E-state index is 12.5. The molecule has 1 aromatic rings. The lowest BCUT2D eigenvalue weighted by Gasteiger charge is -2.33. The number of carbonyl (C=O) groups is 2. The normalized spacial score (nSPS) is 22.5. The summed E-state index contributed by atoms with van der Waals surface area (Å²) < 4.78 is 5.94. The summed E-state index contributed by atoms with van der Waals surface area (Å²) in [7, 11) is 1.76. The number of carbonyl (C=O) groups excluding carboxylic acids is 2. The minimum absolute atomic E-state index is 0.0634. The van der Waals surface area contributed by atoms with E-state index in [-0.39, 0.29) is 23.8 Å². The van der Waals surface area contributed by atoms with E-state index in [4.69, 9.17) is 4.74 Å². The van der Waals surface area contributed by atoms with Crippen molar-refractivity contribution in [2.45, 2.75) is 32.3 Å². The van der Waals surface area contributed by atoms with Crippen LogP contribution in [0.2, 0.25) is 0 Å². The van der Waals surface area contributed by atoms with Gasteiger partial charge in [0.2, 0.25) is 11.8 Å². The quantitative estimate of drug-likeness (QED) is 0.841. The third kappa shape index (κ3) is 3.63. The molecule has 0 spiro atoms. The summed E-state index contributed by atoms with van der Waals surface area (Å²) in [5, 5.41) is 0. The van der Waals surface area contributed by atoms with E-state index in [0.717, 1.165) is 24.3 Å². The molecule has 23 heavy (non-hydrogen) atoms. The Hall–Kier alpha value is -2.11. The van der Waals surface area contributed by atoms with E-state index in [1.165, 1.54) is 0 Å². The smallest absolute Gasteiger partial charge is 0.227 e. The Morgan fingerprint density at radius 3 is 2.61 bits per heavy atom. The monoisotopic (exact) mass is 317 g/mol. The molecule has 2 amide bonds. The lowest BCUT2D eigenvalue weighted by molar-refractivity contribution is -0.137. The summed E-state index contributed by atoms with van der Waals surface area (Å²) in [5.41, 5.74) is 0.967. The summed E-state index contributed by atoms with van der Waals surface area (Å²) in [6.07, 6.45) is 3.84. The van der Waals surface area contributed by atoms with Crippen molar-refractivity contribution in [3.63, 3.8) is 0 Å². The van der Waals surface area contributed by atoms with E-state index < -0.39 is 0 Å². The van der Waals surface area contributed by atoms with Crippen molar-refractivity contribution in [1.82, 2.24) is 14.8 Å². The fourth-order valence-corrected chi connectivity index (χ4v) is 3.20. The average molecular weight is 317 g/mol. The lowest BCUT2D eigenvalue weighted by Crippen LogP contribution is -2.44. The molecule has 3 heterocycles. The van der Waals surface area contributed by atoms with Gasteiger partial charge in [-0.05, 0) is 19.1 Å². The predicted molar refractivity (Wildman–Crippen MR) is 84.9 cm³/mol. The number of hydrogen-bond acceptors (Lipinski definition) is 4. The van der Waals surface area contributed by atoms with E-state index in [9.17, 15) is 9.59 Å². The molecule has 1 atom stereocenters. The van der Waals surface area contributed by atoms with Crippen LogP contribution in [0.15, 0.2) is 18.3 Å². The second-order valence-corrected chi connectivity index (χ2v) is 6.45. The molecule has 0 radical (unpaired) electrons. The Kier molecular flexibility index (Phi) is 4.50. The highest BCUT2D eigenvalue weighted by molar-refractivity contribution is 5.89. The van der Waals surface area contributed by atoms with Crippen molar-refractivity contribution in [3.8, 4) is 5.75 Å². The van der Waals surface area contributed by atoms with Gasteiger partial charge in [0.1, 0.15) is 11.9 Å². The molecule has 1 unspecified atom stereocenters. The molecule has 0 aromatic carbocycles. The maximum Gasteiger partial charge on any atom is 0.227 e. The number of aromatic nitrogens is 1. The number of hydrogen-bond donors (Lipinski definition) is 0. The van der Waals surface area contributed by atoms with Gasteiger partial charge in [0.25, 0.3) is 0 Å². The molecule has 0 aliphatic carbocycles. The molecule has 0 bridgehead atoms. The first-order valence-electron chi connectivity index (χ1n) is 8.15. The number of ether oxygens (including phenoxy) is 1. The van der Waals surface area contributed by atoms with Crippen LogP contribution >= 0.6 is 0 Å².